The maximum Gasteiger partial charge on any atom is 0.0111 e. The van der Waals surface area contributed by atoms with Gasteiger partial charge in [0.25, 0.3) is 0 Å². The number of hydrogen-bond acceptors (Lipinski definition) is 3. The smallest absolute Gasteiger partial charge is 0.0111 e. The summed E-state index contributed by atoms with van der Waals surface area (Å²) in [5.41, 5.74) is 0. The molecule has 0 nitrogen and oxygen atoms in total. The van der Waals surface area contributed by atoms with E-state index in [2.05, 4.69) is 13.2 Å². The lowest BCUT2D eigenvalue weighted by molar-refractivity contribution is 1.48. The molecule has 3 heteroatoms. The topological polar surface area (TPSA) is 0 Å². The highest BCUT2D eigenvalue weighted by atomic mass is 32.2. The summed E-state index contributed by atoms with van der Waals surface area (Å²) < 4.78 is 0. The van der Waals surface area contributed by atoms with Gasteiger partial charge in [-0.15, -0.1) is 13.2 Å². The Morgan fingerprint density at radius 1 is 0.692 bits per heavy atom. The van der Waals surface area contributed by atoms with Gasteiger partial charge >= 0.3 is 0 Å². The second-order valence-corrected chi connectivity index (χ2v) is 5.86. The fourth-order valence-corrected chi connectivity index (χ4v) is 3.43. The molecule has 0 spiro atoms. The Hall–Kier alpha value is 0.530. The van der Waals surface area contributed by atoms with E-state index in [1.165, 1.54) is 23.0 Å². The van der Waals surface area contributed by atoms with Crippen LogP contribution in [-0.4, -0.2) is 34.5 Å². The minimum Gasteiger partial charge on any atom is -0.160 e. The van der Waals surface area contributed by atoms with Gasteiger partial charge in [-0.3, -0.25) is 0 Å². The Balaban J connectivity index is 2.83. The van der Waals surface area contributed by atoms with Crippen LogP contribution in [0.2, 0.25) is 0 Å². The average molecular weight is 234 g/mol. The fraction of sp³-hybridized carbons (Fsp3) is 0.600. The first-order chi connectivity index (χ1) is 6.41. The van der Waals surface area contributed by atoms with Crippen LogP contribution in [0.5, 0.6) is 0 Å². The predicted octanol–water partition coefficient (Wildman–Crippen LogP) is 3.56. The van der Waals surface area contributed by atoms with Gasteiger partial charge in [0.15, 0.2) is 0 Å². The first-order valence-corrected chi connectivity index (χ1v) is 7.83. The van der Waals surface area contributed by atoms with Crippen molar-refractivity contribution in [2.75, 3.05) is 34.5 Å². The van der Waals surface area contributed by atoms with Crippen molar-refractivity contribution in [3.63, 3.8) is 0 Å². The van der Waals surface area contributed by atoms with Crippen LogP contribution in [0.15, 0.2) is 25.3 Å². The molecular formula is C10H18S3. The van der Waals surface area contributed by atoms with Crippen molar-refractivity contribution in [2.24, 2.45) is 0 Å². The Bertz CT molecular complexity index is 109. The van der Waals surface area contributed by atoms with Gasteiger partial charge in [-0.2, -0.15) is 35.3 Å². The van der Waals surface area contributed by atoms with Crippen LogP contribution >= 0.6 is 35.3 Å². The highest BCUT2D eigenvalue weighted by Crippen LogP contribution is 2.09. The Morgan fingerprint density at radius 2 is 1.08 bits per heavy atom. The van der Waals surface area contributed by atoms with Crippen molar-refractivity contribution < 1.29 is 0 Å². The summed E-state index contributed by atoms with van der Waals surface area (Å²) in [7, 11) is 0. The number of rotatable bonds is 10. The van der Waals surface area contributed by atoms with Gasteiger partial charge in [-0.1, -0.05) is 12.2 Å². The second kappa shape index (κ2) is 12.5. The molecule has 0 aliphatic heterocycles. The normalized spacial score (nSPS) is 9.85. The SMILES string of the molecule is C=CCSCCSCCSCC=C. The van der Waals surface area contributed by atoms with Crippen molar-refractivity contribution in [2.45, 2.75) is 0 Å². The lowest BCUT2D eigenvalue weighted by atomic mass is 10.8. The standard InChI is InChI=1S/C10H18S3/c1-3-5-11-7-9-13-10-8-12-6-4-2/h3-4H,1-2,5-10H2. The van der Waals surface area contributed by atoms with Gasteiger partial charge < -0.3 is 0 Å². The molecule has 0 N–H and O–H groups in total. The van der Waals surface area contributed by atoms with E-state index in [1.807, 2.05) is 47.4 Å². The molecule has 13 heavy (non-hydrogen) atoms. The van der Waals surface area contributed by atoms with Crippen LogP contribution < -0.4 is 0 Å². The quantitative estimate of drug-likeness (QED) is 0.419. The minimum atomic E-state index is 1.09. The summed E-state index contributed by atoms with van der Waals surface area (Å²) in [6.45, 7) is 7.38. The van der Waals surface area contributed by atoms with Crippen LogP contribution in [0, 0.1) is 0 Å². The first kappa shape index (κ1) is 13.5. The van der Waals surface area contributed by atoms with Gasteiger partial charge in [0, 0.05) is 34.5 Å². The van der Waals surface area contributed by atoms with E-state index in [9.17, 15) is 0 Å². The monoisotopic (exact) mass is 234 g/mol. The summed E-state index contributed by atoms with van der Waals surface area (Å²) in [5.74, 6) is 7.23. The Kier molecular flexibility index (Phi) is 13.0. The van der Waals surface area contributed by atoms with Crippen LogP contribution in [0.4, 0.5) is 0 Å². The third-order valence-corrected chi connectivity index (χ3v) is 4.65. The van der Waals surface area contributed by atoms with Crippen LogP contribution in [0.3, 0.4) is 0 Å². The Labute approximate surface area is 95.0 Å². The van der Waals surface area contributed by atoms with Crippen LogP contribution in [0.25, 0.3) is 0 Å². The molecule has 0 saturated carbocycles. The molecule has 0 heterocycles. The predicted molar refractivity (Wildman–Crippen MR) is 72.4 cm³/mol. The molecule has 0 aliphatic rings. The van der Waals surface area contributed by atoms with Gasteiger partial charge in [0.1, 0.15) is 0 Å². The molecule has 0 aromatic rings. The van der Waals surface area contributed by atoms with Gasteiger partial charge in [-0.05, 0) is 0 Å². The molecular weight excluding hydrogens is 216 g/mol. The summed E-state index contributed by atoms with van der Waals surface area (Å²) >= 11 is 5.96. The third-order valence-electron chi connectivity index (χ3n) is 1.22. The molecule has 0 rings (SSSR count). The summed E-state index contributed by atoms with van der Waals surface area (Å²) in [4.78, 5) is 0. The average Bonchev–Trinajstić information content (AvgIpc) is 2.16. The number of thioether (sulfide) groups is 3. The molecule has 0 radical (unpaired) electrons. The van der Waals surface area contributed by atoms with Crippen molar-refractivity contribution in [3.05, 3.63) is 25.3 Å². The largest absolute Gasteiger partial charge is 0.160 e. The molecule has 0 unspecified atom stereocenters. The zero-order valence-corrected chi connectivity index (χ0v) is 10.5. The van der Waals surface area contributed by atoms with Gasteiger partial charge in [-0.25, -0.2) is 0 Å². The van der Waals surface area contributed by atoms with E-state index in [0.29, 0.717) is 0 Å². The molecule has 0 saturated heterocycles. The van der Waals surface area contributed by atoms with E-state index in [1.54, 1.807) is 0 Å². The van der Waals surface area contributed by atoms with Gasteiger partial charge in [0.2, 0.25) is 0 Å². The second-order valence-electron chi connectivity index (χ2n) is 2.34. The van der Waals surface area contributed by atoms with Crippen LogP contribution in [-0.2, 0) is 0 Å². The summed E-state index contributed by atoms with van der Waals surface area (Å²) in [6, 6.07) is 0. The maximum atomic E-state index is 3.69. The van der Waals surface area contributed by atoms with E-state index in [-0.39, 0.29) is 0 Å². The lowest BCUT2D eigenvalue weighted by Gasteiger charge is -1.99. The van der Waals surface area contributed by atoms with E-state index in [4.69, 9.17) is 0 Å². The lowest BCUT2D eigenvalue weighted by Crippen LogP contribution is -1.90. The fourth-order valence-electron chi connectivity index (χ4n) is 0.671. The van der Waals surface area contributed by atoms with E-state index < -0.39 is 0 Å². The molecule has 76 valence electrons. The minimum absolute atomic E-state index is 1.09. The zero-order chi connectivity index (χ0) is 9.78. The molecule has 0 atom stereocenters. The molecule has 0 amide bonds. The number of hydrogen-bond donors (Lipinski definition) is 0. The third kappa shape index (κ3) is 12.5. The van der Waals surface area contributed by atoms with Gasteiger partial charge in [0.05, 0.1) is 0 Å². The zero-order valence-electron chi connectivity index (χ0n) is 8.04. The van der Waals surface area contributed by atoms with Crippen molar-refractivity contribution in [3.8, 4) is 0 Å². The molecule has 0 aliphatic carbocycles. The van der Waals surface area contributed by atoms with Crippen molar-refractivity contribution in [1.82, 2.24) is 0 Å². The Morgan fingerprint density at radius 3 is 1.46 bits per heavy atom. The molecule has 0 aromatic carbocycles. The van der Waals surface area contributed by atoms with Crippen LogP contribution in [0.1, 0.15) is 0 Å². The molecule has 0 fully saturated rings. The first-order valence-electron chi connectivity index (χ1n) is 4.37. The molecule has 0 bridgehead atoms. The van der Waals surface area contributed by atoms with E-state index >= 15 is 0 Å². The van der Waals surface area contributed by atoms with Crippen molar-refractivity contribution in [1.29, 1.82) is 0 Å². The highest BCUT2D eigenvalue weighted by Gasteiger charge is 1.90. The highest BCUT2D eigenvalue weighted by molar-refractivity contribution is 8.04. The van der Waals surface area contributed by atoms with Crippen molar-refractivity contribution >= 4 is 35.3 Å². The maximum absolute atomic E-state index is 3.69. The summed E-state index contributed by atoms with van der Waals surface area (Å²) in [5, 5.41) is 0. The van der Waals surface area contributed by atoms with E-state index in [0.717, 1.165) is 11.5 Å². The molecule has 0 aromatic heterocycles. The summed E-state index contributed by atoms with van der Waals surface area (Å²) in [6.07, 6.45) is 3.94.